The van der Waals surface area contributed by atoms with Crippen LogP contribution >= 0.6 is 0 Å². The zero-order valence-electron chi connectivity index (χ0n) is 27.1. The number of aliphatic carboxylic acids is 1. The molecule has 0 unspecified atom stereocenters. The SMILES string of the molecule is CC[C@@H]1C[C@H](N(Cc2cc(C(F)(F)F)cc(C(F)(F)F)c2)c2ncc(-c3cnn(C)c3)cn2)C[C@H](CC)N1C(=O)OCC(C)(C)C(=O)O. The summed E-state index contributed by atoms with van der Waals surface area (Å²) in [6, 6.07) is 0.0719. The number of hydrogen-bond acceptors (Lipinski definition) is 7. The number of ether oxygens (including phenoxy) is 1. The number of aryl methyl sites for hydroxylation is 1. The molecule has 3 atom stereocenters. The van der Waals surface area contributed by atoms with Crippen LogP contribution < -0.4 is 4.90 Å². The smallest absolute Gasteiger partial charge is 0.416 e. The van der Waals surface area contributed by atoms with Crippen LogP contribution in [0.2, 0.25) is 0 Å². The van der Waals surface area contributed by atoms with Crippen LogP contribution in [0.1, 0.15) is 70.1 Å². The van der Waals surface area contributed by atoms with Crippen molar-refractivity contribution in [2.24, 2.45) is 12.5 Å². The van der Waals surface area contributed by atoms with Crippen LogP contribution in [0.3, 0.4) is 0 Å². The maximum atomic E-state index is 13.8. The number of hydrogen-bond donors (Lipinski definition) is 1. The highest BCUT2D eigenvalue weighted by Crippen LogP contribution is 2.38. The minimum atomic E-state index is -5.02. The van der Waals surface area contributed by atoms with Crippen LogP contribution in [0.15, 0.2) is 43.0 Å². The number of rotatable bonds is 10. The van der Waals surface area contributed by atoms with Crippen molar-refractivity contribution >= 4 is 18.0 Å². The number of carbonyl (C=O) groups is 2. The molecule has 0 aliphatic carbocycles. The molecule has 1 aromatic carbocycles. The van der Waals surface area contributed by atoms with Crippen molar-refractivity contribution in [2.75, 3.05) is 11.5 Å². The summed E-state index contributed by atoms with van der Waals surface area (Å²) in [6.07, 6.45) is -2.97. The monoisotopic (exact) mass is 684 g/mol. The molecule has 3 aromatic rings. The third-order valence-corrected chi connectivity index (χ3v) is 8.54. The number of nitrogens with zero attached hydrogens (tertiary/aromatic N) is 6. The molecule has 48 heavy (non-hydrogen) atoms. The van der Waals surface area contributed by atoms with Gasteiger partial charge in [-0.1, -0.05) is 13.8 Å². The Morgan fingerprint density at radius 1 is 0.917 bits per heavy atom. The third kappa shape index (κ3) is 8.37. The topological polar surface area (TPSA) is 114 Å². The molecule has 2 aromatic heterocycles. The first-order valence-corrected chi connectivity index (χ1v) is 15.4. The van der Waals surface area contributed by atoms with Crippen molar-refractivity contribution in [2.45, 2.75) is 90.4 Å². The fraction of sp³-hybridized carbons (Fsp3) is 0.531. The van der Waals surface area contributed by atoms with E-state index in [2.05, 4.69) is 15.1 Å². The molecule has 16 heteroatoms. The van der Waals surface area contributed by atoms with E-state index in [-0.39, 0.29) is 43.6 Å². The molecule has 3 heterocycles. The lowest BCUT2D eigenvalue weighted by Crippen LogP contribution is -2.57. The molecule has 1 saturated heterocycles. The Kier molecular flexibility index (Phi) is 10.6. The standard InChI is InChI=1S/C32H38F6N6O4/c1-6-24-11-26(12-25(7-2)44(24)29(47)48-18-30(3,4)27(45)46)43(28-39-13-20(14-40-28)21-15-41-42(5)17-21)16-19-8-22(31(33,34)35)10-23(9-19)32(36,37)38/h8-10,13-15,17,24-26H,6-7,11-12,16,18H2,1-5H3,(H,45,46)/t24-,25+,26+. The summed E-state index contributed by atoms with van der Waals surface area (Å²) >= 11 is 0. The van der Waals surface area contributed by atoms with E-state index in [0.717, 1.165) is 0 Å². The Bertz CT molecular complexity index is 1540. The van der Waals surface area contributed by atoms with Crippen LogP contribution in [0.4, 0.5) is 37.1 Å². The first kappa shape index (κ1) is 36.5. The summed E-state index contributed by atoms with van der Waals surface area (Å²) in [5.41, 5.74) is -3.12. The molecule has 0 bridgehead atoms. The molecule has 1 fully saturated rings. The van der Waals surface area contributed by atoms with Gasteiger partial charge in [-0.3, -0.25) is 9.48 Å². The first-order chi connectivity index (χ1) is 22.3. The fourth-order valence-electron chi connectivity index (χ4n) is 5.77. The number of benzene rings is 1. The molecule has 0 spiro atoms. The van der Waals surface area contributed by atoms with Gasteiger partial charge in [0.15, 0.2) is 0 Å². The Morgan fingerprint density at radius 2 is 1.46 bits per heavy atom. The van der Waals surface area contributed by atoms with E-state index in [0.29, 0.717) is 36.1 Å². The molecule has 1 aliphatic heterocycles. The van der Waals surface area contributed by atoms with E-state index < -0.39 is 59.1 Å². The van der Waals surface area contributed by atoms with E-state index in [1.807, 2.05) is 13.8 Å². The molecule has 1 N–H and O–H groups in total. The fourth-order valence-corrected chi connectivity index (χ4v) is 5.77. The maximum Gasteiger partial charge on any atom is 0.416 e. The van der Waals surface area contributed by atoms with Crippen LogP contribution in [0.5, 0.6) is 0 Å². The first-order valence-electron chi connectivity index (χ1n) is 15.4. The molecular formula is C32H38F6N6O4. The van der Waals surface area contributed by atoms with Gasteiger partial charge in [-0.05, 0) is 63.3 Å². The van der Waals surface area contributed by atoms with Crippen molar-refractivity contribution in [1.29, 1.82) is 0 Å². The Labute approximate surface area is 273 Å². The number of carboxylic acids is 1. The molecule has 4 rings (SSSR count). The number of piperidine rings is 1. The molecule has 0 radical (unpaired) electrons. The third-order valence-electron chi connectivity index (χ3n) is 8.54. The van der Waals surface area contributed by atoms with E-state index in [4.69, 9.17) is 4.74 Å². The normalized spacial score (nSPS) is 18.9. The quantitative estimate of drug-likeness (QED) is 0.223. The number of likely N-dealkylation sites (tertiary alicyclic amines) is 1. The highest BCUT2D eigenvalue weighted by atomic mass is 19.4. The zero-order chi connectivity index (χ0) is 35.6. The van der Waals surface area contributed by atoms with E-state index in [1.165, 1.54) is 26.2 Å². The molecule has 0 saturated carbocycles. The average molecular weight is 685 g/mol. The van der Waals surface area contributed by atoms with Gasteiger partial charge in [0, 0.05) is 61.4 Å². The number of anilines is 1. The van der Waals surface area contributed by atoms with Gasteiger partial charge in [0.05, 0.1) is 22.7 Å². The summed E-state index contributed by atoms with van der Waals surface area (Å²) in [7, 11) is 1.73. The van der Waals surface area contributed by atoms with Gasteiger partial charge in [0.25, 0.3) is 0 Å². The van der Waals surface area contributed by atoms with Gasteiger partial charge in [0.1, 0.15) is 6.61 Å². The number of carboxylic acid groups (broad SMARTS) is 1. The lowest BCUT2D eigenvalue weighted by molar-refractivity contribution is -0.149. The van der Waals surface area contributed by atoms with Crippen LogP contribution in [-0.2, 0) is 35.5 Å². The minimum Gasteiger partial charge on any atom is -0.481 e. The summed E-state index contributed by atoms with van der Waals surface area (Å²) in [6.45, 7) is 5.79. The van der Waals surface area contributed by atoms with Crippen molar-refractivity contribution in [3.05, 3.63) is 59.7 Å². The maximum absolute atomic E-state index is 13.8. The van der Waals surface area contributed by atoms with Gasteiger partial charge in [0.2, 0.25) is 5.95 Å². The highest BCUT2D eigenvalue weighted by Gasteiger charge is 2.42. The molecule has 262 valence electrons. The van der Waals surface area contributed by atoms with E-state index in [9.17, 15) is 41.0 Å². The number of aromatic nitrogens is 4. The Morgan fingerprint density at radius 3 is 1.90 bits per heavy atom. The largest absolute Gasteiger partial charge is 0.481 e. The van der Waals surface area contributed by atoms with Crippen LogP contribution in [0, 0.1) is 5.41 Å². The number of alkyl halides is 6. The van der Waals surface area contributed by atoms with E-state index >= 15 is 0 Å². The van der Waals surface area contributed by atoms with Gasteiger partial charge in [-0.15, -0.1) is 0 Å². The van der Waals surface area contributed by atoms with Crippen molar-refractivity contribution < 1.29 is 45.8 Å². The van der Waals surface area contributed by atoms with Crippen LogP contribution in [0.25, 0.3) is 11.1 Å². The second kappa shape index (κ2) is 14.0. The van der Waals surface area contributed by atoms with Crippen molar-refractivity contribution in [1.82, 2.24) is 24.6 Å². The van der Waals surface area contributed by atoms with Crippen molar-refractivity contribution in [3.63, 3.8) is 0 Å². The Balaban J connectivity index is 1.73. The summed E-state index contributed by atoms with van der Waals surface area (Å²) in [5.74, 6) is -1.05. The summed E-state index contributed by atoms with van der Waals surface area (Å²) < 4.78 is 89.6. The second-order valence-electron chi connectivity index (χ2n) is 12.6. The Hall–Kier alpha value is -4.37. The highest BCUT2D eigenvalue weighted by molar-refractivity contribution is 5.75. The molecule has 1 aliphatic rings. The zero-order valence-corrected chi connectivity index (χ0v) is 27.1. The van der Waals surface area contributed by atoms with Gasteiger partial charge in [-0.2, -0.15) is 31.4 Å². The van der Waals surface area contributed by atoms with Gasteiger partial charge >= 0.3 is 24.4 Å². The average Bonchev–Trinajstić information content (AvgIpc) is 3.47. The lowest BCUT2D eigenvalue weighted by atomic mass is 9.87. The predicted molar refractivity (Wildman–Crippen MR) is 163 cm³/mol. The summed E-state index contributed by atoms with van der Waals surface area (Å²) in [5, 5.41) is 13.6. The number of amides is 1. The molecule has 10 nitrogen and oxygen atoms in total. The van der Waals surface area contributed by atoms with E-state index in [1.54, 1.807) is 33.9 Å². The van der Waals surface area contributed by atoms with Gasteiger partial charge < -0.3 is 19.6 Å². The predicted octanol–water partition coefficient (Wildman–Crippen LogP) is 7.19. The number of halogens is 6. The number of carbonyl (C=O) groups excluding carboxylic acids is 1. The van der Waals surface area contributed by atoms with Gasteiger partial charge in [-0.25, -0.2) is 14.8 Å². The van der Waals surface area contributed by atoms with Crippen LogP contribution in [-0.4, -0.2) is 66.5 Å². The second-order valence-corrected chi connectivity index (χ2v) is 12.6. The molecule has 1 amide bonds. The summed E-state index contributed by atoms with van der Waals surface area (Å²) in [4.78, 5) is 37.0. The van der Waals surface area contributed by atoms with Crippen molar-refractivity contribution in [3.8, 4) is 11.1 Å². The minimum absolute atomic E-state index is 0.0857. The molecular weight excluding hydrogens is 646 g/mol. The lowest BCUT2D eigenvalue weighted by Gasteiger charge is -2.47.